The molecule has 2 fully saturated rings. The zero-order valence-corrected chi connectivity index (χ0v) is 17.0. The molecule has 0 bridgehead atoms. The van der Waals surface area contributed by atoms with Gasteiger partial charge in [0.2, 0.25) is 11.8 Å². The molecule has 6 heteroatoms. The monoisotopic (exact) mass is 412 g/mol. The number of rotatable bonds is 4. The van der Waals surface area contributed by atoms with Crippen molar-refractivity contribution >= 4 is 29.1 Å². The highest BCUT2D eigenvalue weighted by Gasteiger charge is 2.48. The fourth-order valence-corrected chi connectivity index (χ4v) is 4.91. The maximum absolute atomic E-state index is 13.8. The summed E-state index contributed by atoms with van der Waals surface area (Å²) in [5.41, 5.74) is 0.973. The summed E-state index contributed by atoms with van der Waals surface area (Å²) in [6.45, 7) is 0.592. The average Bonchev–Trinajstić information content (AvgIpc) is 3.40. The Morgan fingerprint density at radius 3 is 2.48 bits per heavy atom. The molecule has 0 unspecified atom stereocenters. The van der Waals surface area contributed by atoms with Gasteiger partial charge in [-0.1, -0.05) is 36.6 Å². The standard InChI is InChI=1S/C23H25ClN2O3/c24-17-6-3-5-16(15-17)23(12-1-2-13-23)22(29)26-14-4-7-20(26)21(28)25-18-8-10-19(27)11-9-18/h3,5-6,8-11,15,20,27H,1-2,4,7,12-14H2,(H,25,28)/t20-/m1/s1. The Morgan fingerprint density at radius 2 is 1.79 bits per heavy atom. The SMILES string of the molecule is O=C(Nc1ccc(O)cc1)[C@H]1CCCN1C(=O)C1(c2cccc(Cl)c2)CCCC1. The average molecular weight is 413 g/mol. The van der Waals surface area contributed by atoms with Crippen LogP contribution in [0.4, 0.5) is 5.69 Å². The second-order valence-corrected chi connectivity index (χ2v) is 8.43. The van der Waals surface area contributed by atoms with Gasteiger partial charge in [-0.25, -0.2) is 0 Å². The van der Waals surface area contributed by atoms with Crippen LogP contribution in [0.15, 0.2) is 48.5 Å². The highest BCUT2D eigenvalue weighted by molar-refractivity contribution is 6.30. The van der Waals surface area contributed by atoms with Crippen LogP contribution in [0.3, 0.4) is 0 Å². The quantitative estimate of drug-likeness (QED) is 0.727. The number of hydrogen-bond acceptors (Lipinski definition) is 3. The van der Waals surface area contributed by atoms with Crippen molar-refractivity contribution < 1.29 is 14.7 Å². The Hall–Kier alpha value is -2.53. The van der Waals surface area contributed by atoms with E-state index in [1.807, 2.05) is 24.3 Å². The largest absolute Gasteiger partial charge is 0.508 e. The topological polar surface area (TPSA) is 69.6 Å². The lowest BCUT2D eigenvalue weighted by Crippen LogP contribution is -2.51. The zero-order chi connectivity index (χ0) is 20.4. The first-order valence-electron chi connectivity index (χ1n) is 10.2. The number of aromatic hydroxyl groups is 1. The summed E-state index contributed by atoms with van der Waals surface area (Å²) in [4.78, 5) is 28.5. The number of nitrogens with one attached hydrogen (secondary N) is 1. The molecule has 0 spiro atoms. The molecule has 1 aliphatic carbocycles. The smallest absolute Gasteiger partial charge is 0.247 e. The van der Waals surface area contributed by atoms with Crippen LogP contribution < -0.4 is 5.32 Å². The number of anilines is 1. The third kappa shape index (κ3) is 3.84. The predicted octanol–water partition coefficient (Wildman–Crippen LogP) is 4.49. The van der Waals surface area contributed by atoms with E-state index in [2.05, 4.69) is 5.32 Å². The summed E-state index contributed by atoms with van der Waals surface area (Å²) in [5, 5.41) is 12.9. The van der Waals surface area contributed by atoms with Crippen LogP contribution in [-0.2, 0) is 15.0 Å². The van der Waals surface area contributed by atoms with Gasteiger partial charge in [0.25, 0.3) is 0 Å². The third-order valence-electron chi connectivity index (χ3n) is 6.19. The summed E-state index contributed by atoms with van der Waals surface area (Å²) in [5.74, 6) is 0.00627. The summed E-state index contributed by atoms with van der Waals surface area (Å²) in [6, 6.07) is 13.5. The molecule has 29 heavy (non-hydrogen) atoms. The molecule has 4 rings (SSSR count). The van der Waals surface area contributed by atoms with Crippen molar-refractivity contribution in [2.24, 2.45) is 0 Å². The lowest BCUT2D eigenvalue weighted by atomic mass is 9.77. The van der Waals surface area contributed by atoms with Gasteiger partial charge in [0.15, 0.2) is 0 Å². The molecule has 2 aromatic rings. The van der Waals surface area contributed by atoms with Gasteiger partial charge in [0.05, 0.1) is 5.41 Å². The van der Waals surface area contributed by atoms with E-state index in [9.17, 15) is 14.7 Å². The number of carbonyl (C=O) groups is 2. The molecule has 2 amide bonds. The van der Waals surface area contributed by atoms with E-state index in [4.69, 9.17) is 11.6 Å². The molecule has 1 saturated carbocycles. The first-order chi connectivity index (χ1) is 14.0. The Labute approximate surface area is 175 Å². The number of phenols is 1. The lowest BCUT2D eigenvalue weighted by molar-refractivity contribution is -0.141. The summed E-state index contributed by atoms with van der Waals surface area (Å²) >= 11 is 6.22. The molecule has 5 nitrogen and oxygen atoms in total. The van der Waals surface area contributed by atoms with Gasteiger partial charge in [0, 0.05) is 17.3 Å². The Balaban J connectivity index is 1.57. The van der Waals surface area contributed by atoms with E-state index >= 15 is 0 Å². The number of amides is 2. The second-order valence-electron chi connectivity index (χ2n) is 7.99. The van der Waals surface area contributed by atoms with Gasteiger partial charge >= 0.3 is 0 Å². The van der Waals surface area contributed by atoms with E-state index < -0.39 is 11.5 Å². The molecule has 2 N–H and O–H groups in total. The molecule has 1 heterocycles. The number of likely N-dealkylation sites (tertiary alicyclic amines) is 1. The number of nitrogens with zero attached hydrogens (tertiary/aromatic N) is 1. The molecule has 2 aliphatic rings. The van der Waals surface area contributed by atoms with Crippen molar-refractivity contribution in [3.05, 3.63) is 59.1 Å². The molecular formula is C23H25ClN2O3. The van der Waals surface area contributed by atoms with Crippen molar-refractivity contribution in [3.8, 4) is 5.75 Å². The lowest BCUT2D eigenvalue weighted by Gasteiger charge is -2.35. The summed E-state index contributed by atoms with van der Waals surface area (Å²) < 4.78 is 0. The maximum Gasteiger partial charge on any atom is 0.247 e. The fraction of sp³-hybridized carbons (Fsp3) is 0.391. The predicted molar refractivity (Wildman–Crippen MR) is 113 cm³/mol. The van der Waals surface area contributed by atoms with Crippen LogP contribution >= 0.6 is 11.6 Å². The van der Waals surface area contributed by atoms with Gasteiger partial charge in [-0.05, 0) is 67.6 Å². The van der Waals surface area contributed by atoms with Crippen LogP contribution in [0, 0.1) is 0 Å². The molecule has 1 atom stereocenters. The molecule has 2 aromatic carbocycles. The van der Waals surface area contributed by atoms with Crippen molar-refractivity contribution in [2.75, 3.05) is 11.9 Å². The number of halogens is 1. The van der Waals surface area contributed by atoms with Gasteiger partial charge < -0.3 is 15.3 Å². The molecule has 1 aliphatic heterocycles. The minimum absolute atomic E-state index is 0.0422. The van der Waals surface area contributed by atoms with Crippen LogP contribution in [0.2, 0.25) is 5.02 Å². The maximum atomic E-state index is 13.8. The van der Waals surface area contributed by atoms with Crippen molar-refractivity contribution in [2.45, 2.75) is 50.0 Å². The highest BCUT2D eigenvalue weighted by Crippen LogP contribution is 2.44. The van der Waals surface area contributed by atoms with E-state index in [1.165, 1.54) is 12.1 Å². The van der Waals surface area contributed by atoms with Crippen LogP contribution in [-0.4, -0.2) is 34.4 Å². The molecule has 1 saturated heterocycles. The Bertz CT molecular complexity index is 907. The van der Waals surface area contributed by atoms with E-state index in [0.29, 0.717) is 23.7 Å². The minimum Gasteiger partial charge on any atom is -0.508 e. The van der Waals surface area contributed by atoms with Gasteiger partial charge in [-0.2, -0.15) is 0 Å². The first-order valence-corrected chi connectivity index (χ1v) is 10.5. The van der Waals surface area contributed by atoms with Gasteiger partial charge in [-0.3, -0.25) is 9.59 Å². The Kier molecular flexibility index (Phi) is 5.50. The second kappa shape index (κ2) is 8.07. The van der Waals surface area contributed by atoms with Crippen molar-refractivity contribution in [1.82, 2.24) is 4.90 Å². The molecule has 152 valence electrons. The molecular weight excluding hydrogens is 388 g/mol. The normalized spacial score (nSPS) is 20.6. The zero-order valence-electron chi connectivity index (χ0n) is 16.2. The summed E-state index contributed by atoms with van der Waals surface area (Å²) in [6.07, 6.45) is 5.03. The van der Waals surface area contributed by atoms with E-state index in [1.54, 1.807) is 17.0 Å². The van der Waals surface area contributed by atoms with Crippen LogP contribution in [0.1, 0.15) is 44.1 Å². The molecule has 0 radical (unpaired) electrons. The van der Waals surface area contributed by atoms with E-state index in [0.717, 1.165) is 37.7 Å². The number of carbonyl (C=O) groups excluding carboxylic acids is 2. The first kappa shape index (κ1) is 19.8. The van der Waals surface area contributed by atoms with Crippen LogP contribution in [0.5, 0.6) is 5.75 Å². The van der Waals surface area contributed by atoms with Gasteiger partial charge in [0.1, 0.15) is 11.8 Å². The van der Waals surface area contributed by atoms with Crippen LogP contribution in [0.25, 0.3) is 0 Å². The fourth-order valence-electron chi connectivity index (χ4n) is 4.72. The minimum atomic E-state index is -0.591. The number of phenolic OH excluding ortho intramolecular Hbond substituents is 1. The number of hydrogen-bond donors (Lipinski definition) is 2. The van der Waals surface area contributed by atoms with Gasteiger partial charge in [-0.15, -0.1) is 0 Å². The Morgan fingerprint density at radius 1 is 1.07 bits per heavy atom. The van der Waals surface area contributed by atoms with Crippen molar-refractivity contribution in [1.29, 1.82) is 0 Å². The summed E-state index contributed by atoms with van der Waals surface area (Å²) in [7, 11) is 0. The number of benzene rings is 2. The molecule has 0 aromatic heterocycles. The highest BCUT2D eigenvalue weighted by atomic mass is 35.5. The third-order valence-corrected chi connectivity index (χ3v) is 6.43. The van der Waals surface area contributed by atoms with E-state index in [-0.39, 0.29) is 17.6 Å². The van der Waals surface area contributed by atoms with Crippen molar-refractivity contribution in [3.63, 3.8) is 0 Å².